The van der Waals surface area contributed by atoms with Crippen molar-refractivity contribution in [3.05, 3.63) is 59.7 Å². The lowest BCUT2D eigenvalue weighted by atomic mass is 10.2. The van der Waals surface area contributed by atoms with E-state index >= 15 is 0 Å². The number of nitrogens with one attached hydrogen (secondary N) is 1. The number of hydrogen-bond acceptors (Lipinski definition) is 4. The summed E-state index contributed by atoms with van der Waals surface area (Å²) in [6.07, 6.45) is 0. The fourth-order valence-corrected chi connectivity index (χ4v) is 2.80. The number of anilines is 1. The molecule has 0 atom stereocenters. The SMILES string of the molecule is N#Cc1cccc(S(=O)(=O)Nc2cccc(CN)c2)c1. The molecule has 0 aliphatic rings. The highest BCUT2D eigenvalue weighted by Crippen LogP contribution is 2.17. The van der Waals surface area contributed by atoms with Crippen molar-refractivity contribution < 1.29 is 8.42 Å². The quantitative estimate of drug-likeness (QED) is 0.896. The van der Waals surface area contributed by atoms with E-state index in [2.05, 4.69) is 4.72 Å². The number of sulfonamides is 1. The Hall–Kier alpha value is -2.36. The number of nitrogens with two attached hydrogens (primary N) is 1. The second kappa shape index (κ2) is 5.74. The van der Waals surface area contributed by atoms with E-state index in [0.29, 0.717) is 17.8 Å². The number of nitriles is 1. The van der Waals surface area contributed by atoms with E-state index in [9.17, 15) is 8.42 Å². The van der Waals surface area contributed by atoms with Gasteiger partial charge < -0.3 is 5.73 Å². The van der Waals surface area contributed by atoms with Crippen LogP contribution in [0.5, 0.6) is 0 Å². The van der Waals surface area contributed by atoms with E-state index in [1.165, 1.54) is 18.2 Å². The monoisotopic (exact) mass is 287 g/mol. The second-order valence-corrected chi connectivity index (χ2v) is 5.83. The van der Waals surface area contributed by atoms with Crippen LogP contribution in [0.15, 0.2) is 53.4 Å². The Morgan fingerprint density at radius 2 is 1.90 bits per heavy atom. The molecular weight excluding hydrogens is 274 g/mol. The maximum Gasteiger partial charge on any atom is 0.261 e. The minimum absolute atomic E-state index is 0.0506. The third-order valence-corrected chi connectivity index (χ3v) is 4.07. The molecule has 0 bridgehead atoms. The first-order chi connectivity index (χ1) is 9.55. The number of nitrogens with zero attached hydrogens (tertiary/aromatic N) is 1. The second-order valence-electron chi connectivity index (χ2n) is 4.15. The largest absolute Gasteiger partial charge is 0.326 e. The summed E-state index contributed by atoms with van der Waals surface area (Å²) in [6.45, 7) is 0.333. The van der Waals surface area contributed by atoms with Crippen molar-refractivity contribution in [2.75, 3.05) is 4.72 Å². The molecule has 0 saturated heterocycles. The Bertz CT molecular complexity index is 764. The molecule has 0 saturated carbocycles. The molecular formula is C14H13N3O2S. The van der Waals surface area contributed by atoms with Gasteiger partial charge in [0.2, 0.25) is 0 Å². The Morgan fingerprint density at radius 3 is 2.60 bits per heavy atom. The van der Waals surface area contributed by atoms with E-state index < -0.39 is 10.0 Å². The van der Waals surface area contributed by atoms with Crippen LogP contribution in [0, 0.1) is 11.3 Å². The highest BCUT2D eigenvalue weighted by Gasteiger charge is 2.14. The Balaban J connectivity index is 2.33. The Kier molecular flexibility index (Phi) is 4.03. The smallest absolute Gasteiger partial charge is 0.261 e. The molecule has 0 unspecified atom stereocenters. The summed E-state index contributed by atoms with van der Waals surface area (Å²) in [6, 6.07) is 14.6. The van der Waals surface area contributed by atoms with Crippen molar-refractivity contribution in [1.29, 1.82) is 5.26 Å². The van der Waals surface area contributed by atoms with Crippen LogP contribution in [0.3, 0.4) is 0 Å². The molecule has 2 aromatic rings. The van der Waals surface area contributed by atoms with Gasteiger partial charge in [-0.3, -0.25) is 4.72 Å². The molecule has 0 aliphatic carbocycles. The normalized spacial score (nSPS) is 10.8. The van der Waals surface area contributed by atoms with Crippen LogP contribution < -0.4 is 10.5 Å². The van der Waals surface area contributed by atoms with Crippen molar-refractivity contribution in [1.82, 2.24) is 0 Å². The maximum absolute atomic E-state index is 12.2. The summed E-state index contributed by atoms with van der Waals surface area (Å²) in [5, 5.41) is 8.81. The summed E-state index contributed by atoms with van der Waals surface area (Å²) in [5.74, 6) is 0. The van der Waals surface area contributed by atoms with E-state index in [4.69, 9.17) is 11.0 Å². The standard InChI is InChI=1S/C14H13N3O2S/c15-9-11-3-1-5-13(7-11)17-20(18,19)14-6-2-4-12(8-14)10-16/h1-8,17H,9,15H2. The topological polar surface area (TPSA) is 96.0 Å². The predicted octanol–water partition coefficient (Wildman–Crippen LogP) is 1.82. The van der Waals surface area contributed by atoms with Gasteiger partial charge in [-0.25, -0.2) is 8.42 Å². The van der Waals surface area contributed by atoms with Crippen LogP contribution in [0.2, 0.25) is 0 Å². The fourth-order valence-electron chi connectivity index (χ4n) is 1.71. The van der Waals surface area contributed by atoms with Crippen molar-refractivity contribution in [3.63, 3.8) is 0 Å². The molecule has 0 aliphatic heterocycles. The van der Waals surface area contributed by atoms with E-state index in [1.54, 1.807) is 24.3 Å². The number of benzene rings is 2. The molecule has 0 radical (unpaired) electrons. The van der Waals surface area contributed by atoms with Crippen LogP contribution in [0.4, 0.5) is 5.69 Å². The van der Waals surface area contributed by atoms with Crippen LogP contribution in [0.1, 0.15) is 11.1 Å². The lowest BCUT2D eigenvalue weighted by Gasteiger charge is -2.09. The number of rotatable bonds is 4. The summed E-state index contributed by atoms with van der Waals surface area (Å²) < 4.78 is 26.9. The molecule has 3 N–H and O–H groups in total. The van der Waals surface area contributed by atoms with Gasteiger partial charge in [0.1, 0.15) is 0 Å². The van der Waals surface area contributed by atoms with Crippen molar-refractivity contribution >= 4 is 15.7 Å². The van der Waals surface area contributed by atoms with Crippen molar-refractivity contribution in [3.8, 4) is 6.07 Å². The lowest BCUT2D eigenvalue weighted by molar-refractivity contribution is 0.601. The summed E-state index contributed by atoms with van der Waals surface area (Å²) in [7, 11) is -3.71. The van der Waals surface area contributed by atoms with Crippen LogP contribution in [0.25, 0.3) is 0 Å². The molecule has 20 heavy (non-hydrogen) atoms. The molecule has 6 heteroatoms. The van der Waals surface area contributed by atoms with Gasteiger partial charge in [-0.2, -0.15) is 5.26 Å². The third kappa shape index (κ3) is 3.15. The highest BCUT2D eigenvalue weighted by molar-refractivity contribution is 7.92. The zero-order valence-corrected chi connectivity index (χ0v) is 11.4. The molecule has 2 aromatic carbocycles. The van der Waals surface area contributed by atoms with Gasteiger partial charge in [-0.1, -0.05) is 18.2 Å². The van der Waals surface area contributed by atoms with Crippen molar-refractivity contribution in [2.24, 2.45) is 5.73 Å². The summed E-state index contributed by atoms with van der Waals surface area (Å²) in [4.78, 5) is 0.0506. The van der Waals surface area contributed by atoms with Crippen LogP contribution in [-0.4, -0.2) is 8.42 Å². The molecule has 0 aromatic heterocycles. The molecule has 0 amide bonds. The zero-order chi connectivity index (χ0) is 14.6. The van der Waals surface area contributed by atoms with E-state index in [0.717, 1.165) is 5.56 Å². The summed E-state index contributed by atoms with van der Waals surface area (Å²) >= 11 is 0. The maximum atomic E-state index is 12.2. The van der Waals surface area contributed by atoms with Gasteiger partial charge in [0.25, 0.3) is 10.0 Å². The molecule has 0 fully saturated rings. The first kappa shape index (κ1) is 14.1. The van der Waals surface area contributed by atoms with Crippen LogP contribution in [-0.2, 0) is 16.6 Å². The van der Waals surface area contributed by atoms with Gasteiger partial charge in [0.15, 0.2) is 0 Å². The molecule has 0 spiro atoms. The zero-order valence-electron chi connectivity index (χ0n) is 10.6. The predicted molar refractivity (Wildman–Crippen MR) is 76.3 cm³/mol. The lowest BCUT2D eigenvalue weighted by Crippen LogP contribution is -2.13. The van der Waals surface area contributed by atoms with Crippen LogP contribution >= 0.6 is 0 Å². The molecule has 2 rings (SSSR count). The van der Waals surface area contributed by atoms with Gasteiger partial charge in [0.05, 0.1) is 16.5 Å². The van der Waals surface area contributed by atoms with Gasteiger partial charge in [-0.15, -0.1) is 0 Å². The van der Waals surface area contributed by atoms with E-state index in [-0.39, 0.29) is 4.90 Å². The molecule has 5 nitrogen and oxygen atoms in total. The Morgan fingerprint density at radius 1 is 1.15 bits per heavy atom. The average Bonchev–Trinajstić information content (AvgIpc) is 2.47. The first-order valence-electron chi connectivity index (χ1n) is 5.87. The first-order valence-corrected chi connectivity index (χ1v) is 7.35. The highest BCUT2D eigenvalue weighted by atomic mass is 32.2. The minimum Gasteiger partial charge on any atom is -0.326 e. The third-order valence-electron chi connectivity index (χ3n) is 2.69. The van der Waals surface area contributed by atoms with Gasteiger partial charge in [0, 0.05) is 12.2 Å². The molecule has 102 valence electrons. The van der Waals surface area contributed by atoms with Crippen molar-refractivity contribution in [2.45, 2.75) is 11.4 Å². The number of hydrogen-bond donors (Lipinski definition) is 2. The van der Waals surface area contributed by atoms with Gasteiger partial charge >= 0.3 is 0 Å². The fraction of sp³-hybridized carbons (Fsp3) is 0.0714. The minimum atomic E-state index is -3.71. The average molecular weight is 287 g/mol. The van der Waals surface area contributed by atoms with Gasteiger partial charge in [-0.05, 0) is 35.9 Å². The van der Waals surface area contributed by atoms with E-state index in [1.807, 2.05) is 12.1 Å². The Labute approximate surface area is 117 Å². The summed E-state index contributed by atoms with van der Waals surface area (Å²) in [5.41, 5.74) is 7.08. The molecule has 0 heterocycles.